The molecule has 0 aromatic rings. The Balaban J connectivity index is 2.72. The number of rotatable bonds is 2. The van der Waals surface area contributed by atoms with E-state index in [0.29, 0.717) is 19.8 Å². The van der Waals surface area contributed by atoms with Crippen molar-refractivity contribution in [1.29, 1.82) is 0 Å². The highest BCUT2D eigenvalue weighted by Crippen LogP contribution is 2.12. The van der Waals surface area contributed by atoms with Crippen LogP contribution in [0.2, 0.25) is 0 Å². The van der Waals surface area contributed by atoms with E-state index in [0.717, 1.165) is 0 Å². The Bertz CT molecular complexity index is 238. The van der Waals surface area contributed by atoms with Gasteiger partial charge in [-0.05, 0) is 0 Å². The lowest BCUT2D eigenvalue weighted by atomic mass is 10.0. The summed E-state index contributed by atoms with van der Waals surface area (Å²) in [7, 11) is 0. The second-order valence-electron chi connectivity index (χ2n) is 3.86. The molecular weight excluding hydrogens is 182 g/mol. The van der Waals surface area contributed by atoms with Crippen molar-refractivity contribution in [2.75, 3.05) is 19.8 Å². The van der Waals surface area contributed by atoms with Gasteiger partial charge < -0.3 is 9.64 Å². The van der Waals surface area contributed by atoms with E-state index in [-0.39, 0.29) is 23.7 Å². The number of nitrogens with zero attached hydrogens (tertiary/aromatic N) is 1. The van der Waals surface area contributed by atoms with Crippen molar-refractivity contribution >= 4 is 11.7 Å². The molecule has 1 aliphatic heterocycles. The van der Waals surface area contributed by atoms with Crippen LogP contribution in [0.25, 0.3) is 0 Å². The van der Waals surface area contributed by atoms with Crippen LogP contribution in [0, 0.1) is 5.92 Å². The van der Waals surface area contributed by atoms with E-state index in [1.165, 1.54) is 6.92 Å². The number of hydrogen-bond donors (Lipinski definition) is 0. The molecule has 0 aromatic carbocycles. The van der Waals surface area contributed by atoms with Crippen LogP contribution in [0.3, 0.4) is 0 Å². The number of amides is 1. The molecule has 0 bridgehead atoms. The maximum Gasteiger partial charge on any atom is 0.220 e. The summed E-state index contributed by atoms with van der Waals surface area (Å²) < 4.78 is 5.22. The highest BCUT2D eigenvalue weighted by molar-refractivity contribution is 5.90. The van der Waals surface area contributed by atoms with Gasteiger partial charge in [-0.3, -0.25) is 9.59 Å². The number of morpholine rings is 1. The largest absolute Gasteiger partial charge is 0.377 e. The summed E-state index contributed by atoms with van der Waals surface area (Å²) in [6.45, 7) is 6.58. The van der Waals surface area contributed by atoms with Crippen molar-refractivity contribution in [2.24, 2.45) is 5.92 Å². The van der Waals surface area contributed by atoms with Gasteiger partial charge in [0.25, 0.3) is 0 Å². The molecule has 0 aliphatic carbocycles. The van der Waals surface area contributed by atoms with Crippen molar-refractivity contribution in [3.63, 3.8) is 0 Å². The first-order valence-corrected chi connectivity index (χ1v) is 4.92. The van der Waals surface area contributed by atoms with Crippen LogP contribution in [0.4, 0.5) is 0 Å². The zero-order valence-corrected chi connectivity index (χ0v) is 8.95. The molecule has 4 heteroatoms. The van der Waals surface area contributed by atoms with Gasteiger partial charge in [0.05, 0.1) is 13.2 Å². The second-order valence-corrected chi connectivity index (χ2v) is 3.86. The molecule has 1 heterocycles. The number of ether oxygens (including phenoxy) is 1. The first-order chi connectivity index (χ1) is 6.54. The van der Waals surface area contributed by atoms with Crippen LogP contribution in [0.15, 0.2) is 0 Å². The average Bonchev–Trinajstić information content (AvgIpc) is 2.16. The monoisotopic (exact) mass is 199 g/mol. The molecule has 80 valence electrons. The number of carbonyl (C=O) groups is 2. The van der Waals surface area contributed by atoms with Gasteiger partial charge >= 0.3 is 0 Å². The molecule has 0 N–H and O–H groups in total. The molecule has 14 heavy (non-hydrogen) atoms. The zero-order chi connectivity index (χ0) is 10.7. The number of ketones is 1. The third-order valence-electron chi connectivity index (χ3n) is 2.43. The summed E-state index contributed by atoms with van der Waals surface area (Å²) in [5.41, 5.74) is 0. The topological polar surface area (TPSA) is 46.6 Å². The van der Waals surface area contributed by atoms with Gasteiger partial charge in [0.1, 0.15) is 6.04 Å². The van der Waals surface area contributed by atoms with Crippen molar-refractivity contribution in [3.8, 4) is 0 Å². The van der Waals surface area contributed by atoms with Gasteiger partial charge in [-0.25, -0.2) is 0 Å². The van der Waals surface area contributed by atoms with Crippen molar-refractivity contribution < 1.29 is 14.3 Å². The van der Waals surface area contributed by atoms with Crippen molar-refractivity contribution in [1.82, 2.24) is 4.90 Å². The van der Waals surface area contributed by atoms with Crippen molar-refractivity contribution in [3.05, 3.63) is 0 Å². The number of carbonyl (C=O) groups excluding carboxylic acids is 2. The van der Waals surface area contributed by atoms with Crippen molar-refractivity contribution in [2.45, 2.75) is 26.8 Å². The highest BCUT2D eigenvalue weighted by Gasteiger charge is 2.31. The minimum absolute atomic E-state index is 0.0488. The summed E-state index contributed by atoms with van der Waals surface area (Å²) in [5.74, 6) is -0.0178. The predicted octanol–water partition coefficient (Wildman–Crippen LogP) is 0.459. The summed E-state index contributed by atoms with van der Waals surface area (Å²) >= 11 is 0. The summed E-state index contributed by atoms with van der Waals surface area (Å²) in [4.78, 5) is 24.6. The predicted molar refractivity (Wildman–Crippen MR) is 51.8 cm³/mol. The van der Waals surface area contributed by atoms with E-state index in [2.05, 4.69) is 0 Å². The molecule has 1 amide bonds. The summed E-state index contributed by atoms with van der Waals surface area (Å²) in [6, 6.07) is -0.374. The highest BCUT2D eigenvalue weighted by atomic mass is 16.5. The summed E-state index contributed by atoms with van der Waals surface area (Å²) in [5, 5.41) is 0. The SMILES string of the molecule is CC(=O)N1CCOCC1C(=O)C(C)C. The molecule has 0 radical (unpaired) electrons. The molecule has 1 saturated heterocycles. The first kappa shape index (κ1) is 11.2. The molecule has 0 aromatic heterocycles. The van der Waals surface area contributed by atoms with Crippen LogP contribution in [0.1, 0.15) is 20.8 Å². The average molecular weight is 199 g/mol. The molecule has 4 nitrogen and oxygen atoms in total. The third-order valence-corrected chi connectivity index (χ3v) is 2.43. The Morgan fingerprint density at radius 2 is 2.07 bits per heavy atom. The van der Waals surface area contributed by atoms with Gasteiger partial charge in [-0.15, -0.1) is 0 Å². The summed E-state index contributed by atoms with van der Waals surface area (Å²) in [6.07, 6.45) is 0. The Kier molecular flexibility index (Phi) is 3.63. The molecule has 1 rings (SSSR count). The lowest BCUT2D eigenvalue weighted by Crippen LogP contribution is -2.52. The van der Waals surface area contributed by atoms with Gasteiger partial charge in [-0.1, -0.05) is 13.8 Å². The molecule has 0 saturated carbocycles. The van der Waals surface area contributed by atoms with E-state index in [9.17, 15) is 9.59 Å². The first-order valence-electron chi connectivity index (χ1n) is 4.92. The zero-order valence-electron chi connectivity index (χ0n) is 8.95. The standard InChI is InChI=1S/C10H17NO3/c1-7(2)10(13)9-6-14-5-4-11(9)8(3)12/h7,9H,4-6H2,1-3H3. The van der Waals surface area contributed by atoms with E-state index in [1.807, 2.05) is 13.8 Å². The lowest BCUT2D eigenvalue weighted by Gasteiger charge is -2.34. The fourth-order valence-corrected chi connectivity index (χ4v) is 1.60. The van der Waals surface area contributed by atoms with Crippen LogP contribution in [-0.4, -0.2) is 42.4 Å². The molecular formula is C10H17NO3. The van der Waals surface area contributed by atoms with Gasteiger partial charge in [0, 0.05) is 19.4 Å². The number of hydrogen-bond acceptors (Lipinski definition) is 3. The third kappa shape index (κ3) is 2.32. The van der Waals surface area contributed by atoms with Crippen LogP contribution in [-0.2, 0) is 14.3 Å². The Morgan fingerprint density at radius 3 is 2.57 bits per heavy atom. The molecule has 1 aliphatic rings. The molecule has 0 spiro atoms. The lowest BCUT2D eigenvalue weighted by molar-refractivity contribution is -0.147. The van der Waals surface area contributed by atoms with Gasteiger partial charge in [0.2, 0.25) is 5.91 Å². The van der Waals surface area contributed by atoms with E-state index < -0.39 is 0 Å². The normalized spacial score (nSPS) is 22.6. The number of Topliss-reactive ketones (excluding diaryl/α,β-unsaturated/α-hetero) is 1. The van der Waals surface area contributed by atoms with Gasteiger partial charge in [-0.2, -0.15) is 0 Å². The fourth-order valence-electron chi connectivity index (χ4n) is 1.60. The minimum atomic E-state index is -0.374. The van der Waals surface area contributed by atoms with Crippen LogP contribution >= 0.6 is 0 Å². The molecule has 1 atom stereocenters. The Labute approximate surface area is 84.2 Å². The maximum atomic E-state index is 11.7. The van der Waals surface area contributed by atoms with E-state index in [1.54, 1.807) is 4.90 Å². The fraction of sp³-hybridized carbons (Fsp3) is 0.800. The van der Waals surface area contributed by atoms with Crippen LogP contribution in [0.5, 0.6) is 0 Å². The molecule has 1 fully saturated rings. The van der Waals surface area contributed by atoms with E-state index >= 15 is 0 Å². The second kappa shape index (κ2) is 4.55. The Hall–Kier alpha value is -0.900. The Morgan fingerprint density at radius 1 is 1.43 bits per heavy atom. The minimum Gasteiger partial charge on any atom is -0.377 e. The van der Waals surface area contributed by atoms with E-state index in [4.69, 9.17) is 4.74 Å². The smallest absolute Gasteiger partial charge is 0.220 e. The maximum absolute atomic E-state index is 11.7. The van der Waals surface area contributed by atoms with Crippen LogP contribution < -0.4 is 0 Å². The molecule has 1 unspecified atom stereocenters. The quantitative estimate of drug-likeness (QED) is 0.649. The van der Waals surface area contributed by atoms with Gasteiger partial charge in [0.15, 0.2) is 5.78 Å².